The van der Waals surface area contributed by atoms with Crippen LogP contribution in [0.5, 0.6) is 0 Å². The molecule has 7 heteroatoms. The third-order valence-corrected chi connectivity index (χ3v) is 6.58. The molecule has 4 rings (SSSR count). The number of carbonyl (C=O) groups excluding carboxylic acids is 2. The van der Waals surface area contributed by atoms with E-state index in [0.29, 0.717) is 49.2 Å². The van der Waals surface area contributed by atoms with Gasteiger partial charge in [-0.25, -0.2) is 10.0 Å². The summed E-state index contributed by atoms with van der Waals surface area (Å²) in [5.74, 6) is -0.264. The number of morpholine rings is 1. The summed E-state index contributed by atoms with van der Waals surface area (Å²) in [6.45, 7) is 6.58. The van der Waals surface area contributed by atoms with E-state index in [-0.39, 0.29) is 29.4 Å². The quantitative estimate of drug-likeness (QED) is 0.716. The fraction of sp³-hybridized carbons (Fsp3) is 0.524. The minimum absolute atomic E-state index is 0.00723. The zero-order valence-electron chi connectivity index (χ0n) is 16.1. The van der Waals surface area contributed by atoms with Crippen molar-refractivity contribution in [3.63, 3.8) is 0 Å². The van der Waals surface area contributed by atoms with Crippen LogP contribution >= 0.6 is 23.2 Å². The molecule has 0 N–H and O–H groups in total. The maximum Gasteiger partial charge on any atom is 0.242 e. The molecule has 0 bridgehead atoms. The van der Waals surface area contributed by atoms with Gasteiger partial charge in [0.15, 0.2) is 5.78 Å². The van der Waals surface area contributed by atoms with Gasteiger partial charge in [-0.05, 0) is 23.5 Å². The standard InChI is InChI=1S/C21H24Cl2N2O3/c1-21(2)11-16-19(17(26)12-21)14(13-4-3-5-15(22)20(13)23)10-18(27)25(16)24-6-8-28-9-7-24/h3-5,14H,6-12H2,1-2H3. The number of carbonyl (C=O) groups is 2. The molecule has 3 aliphatic rings. The van der Waals surface area contributed by atoms with E-state index in [4.69, 9.17) is 27.9 Å². The molecule has 1 fully saturated rings. The van der Waals surface area contributed by atoms with E-state index >= 15 is 0 Å². The number of halogens is 2. The summed E-state index contributed by atoms with van der Waals surface area (Å²) >= 11 is 12.7. The molecule has 2 aliphatic heterocycles. The van der Waals surface area contributed by atoms with E-state index in [1.807, 2.05) is 17.1 Å². The van der Waals surface area contributed by atoms with Crippen LogP contribution in [-0.4, -0.2) is 48.0 Å². The molecule has 1 aromatic rings. The molecule has 150 valence electrons. The van der Waals surface area contributed by atoms with Gasteiger partial charge in [0.1, 0.15) is 0 Å². The molecule has 0 saturated carbocycles. The van der Waals surface area contributed by atoms with Gasteiger partial charge in [-0.2, -0.15) is 0 Å². The number of rotatable bonds is 2. The average Bonchev–Trinajstić information content (AvgIpc) is 2.63. The van der Waals surface area contributed by atoms with Crippen LogP contribution in [0.3, 0.4) is 0 Å². The third-order valence-electron chi connectivity index (χ3n) is 5.74. The predicted molar refractivity (Wildman–Crippen MR) is 108 cm³/mol. The number of ketones is 1. The Bertz CT molecular complexity index is 859. The van der Waals surface area contributed by atoms with E-state index in [1.165, 1.54) is 0 Å². The monoisotopic (exact) mass is 422 g/mol. The summed E-state index contributed by atoms with van der Waals surface area (Å²) in [4.78, 5) is 26.5. The second-order valence-corrected chi connectivity index (χ2v) is 9.26. The maximum atomic E-state index is 13.3. The number of nitrogens with zero attached hydrogens (tertiary/aromatic N) is 2. The van der Waals surface area contributed by atoms with Gasteiger partial charge < -0.3 is 4.74 Å². The zero-order chi connectivity index (χ0) is 20.1. The van der Waals surface area contributed by atoms with Crippen molar-refractivity contribution in [3.05, 3.63) is 45.1 Å². The third kappa shape index (κ3) is 3.50. The number of hydrogen-bond acceptors (Lipinski definition) is 4. The van der Waals surface area contributed by atoms with Crippen LogP contribution < -0.4 is 0 Å². The van der Waals surface area contributed by atoms with Crippen LogP contribution in [-0.2, 0) is 14.3 Å². The second kappa shape index (κ2) is 7.45. The first kappa shape index (κ1) is 19.9. The molecular weight excluding hydrogens is 399 g/mol. The molecule has 1 aliphatic carbocycles. The Kier molecular flexibility index (Phi) is 5.29. The highest BCUT2D eigenvalue weighted by Crippen LogP contribution is 2.49. The normalized spacial score (nSPS) is 25.9. The van der Waals surface area contributed by atoms with E-state index < -0.39 is 0 Å². The van der Waals surface area contributed by atoms with Gasteiger partial charge in [-0.1, -0.05) is 49.2 Å². The first-order valence-corrected chi connectivity index (χ1v) is 10.4. The van der Waals surface area contributed by atoms with Crippen LogP contribution in [0.25, 0.3) is 0 Å². The van der Waals surface area contributed by atoms with Gasteiger partial charge >= 0.3 is 0 Å². The summed E-state index contributed by atoms with van der Waals surface area (Å²) in [5.41, 5.74) is 2.10. The van der Waals surface area contributed by atoms with Crippen molar-refractivity contribution >= 4 is 34.9 Å². The Morgan fingerprint density at radius 1 is 1.11 bits per heavy atom. The largest absolute Gasteiger partial charge is 0.379 e. The van der Waals surface area contributed by atoms with Crippen LogP contribution in [0, 0.1) is 5.41 Å². The van der Waals surface area contributed by atoms with Gasteiger partial charge in [-0.3, -0.25) is 9.59 Å². The molecule has 1 saturated heterocycles. The molecule has 28 heavy (non-hydrogen) atoms. The van der Waals surface area contributed by atoms with Gasteiger partial charge in [-0.15, -0.1) is 0 Å². The number of amides is 1. The Labute approximate surface area is 175 Å². The highest BCUT2D eigenvalue weighted by Gasteiger charge is 2.46. The van der Waals surface area contributed by atoms with E-state index in [2.05, 4.69) is 13.8 Å². The number of allylic oxidation sites excluding steroid dienone is 2. The minimum Gasteiger partial charge on any atom is -0.379 e. The SMILES string of the molecule is CC1(C)CC(=O)C2=C(C1)N(N1CCOCC1)C(=O)CC2c1cccc(Cl)c1Cl. The van der Waals surface area contributed by atoms with Crippen LogP contribution in [0.15, 0.2) is 29.5 Å². The van der Waals surface area contributed by atoms with Crippen LogP contribution in [0.4, 0.5) is 0 Å². The molecular formula is C21H24Cl2N2O3. The van der Waals surface area contributed by atoms with Crippen molar-refractivity contribution in [1.29, 1.82) is 0 Å². The summed E-state index contributed by atoms with van der Waals surface area (Å²) in [7, 11) is 0. The molecule has 2 heterocycles. The van der Waals surface area contributed by atoms with E-state index in [9.17, 15) is 9.59 Å². The lowest BCUT2D eigenvalue weighted by molar-refractivity contribution is -0.154. The first-order chi connectivity index (χ1) is 13.3. The summed E-state index contributed by atoms with van der Waals surface area (Å²) in [6, 6.07) is 5.41. The van der Waals surface area contributed by atoms with Crippen molar-refractivity contribution in [1.82, 2.24) is 10.0 Å². The van der Waals surface area contributed by atoms with Crippen LogP contribution in [0.2, 0.25) is 10.0 Å². The highest BCUT2D eigenvalue weighted by molar-refractivity contribution is 6.42. The molecule has 0 radical (unpaired) electrons. The van der Waals surface area contributed by atoms with Crippen molar-refractivity contribution < 1.29 is 14.3 Å². The Morgan fingerprint density at radius 2 is 1.82 bits per heavy atom. The molecule has 1 atom stereocenters. The molecule has 5 nitrogen and oxygen atoms in total. The van der Waals surface area contributed by atoms with Crippen molar-refractivity contribution in [2.24, 2.45) is 5.41 Å². The van der Waals surface area contributed by atoms with Gasteiger partial charge in [0.05, 0.1) is 23.3 Å². The molecule has 0 spiro atoms. The number of benzene rings is 1. The van der Waals surface area contributed by atoms with Crippen molar-refractivity contribution in [2.45, 2.75) is 39.0 Å². The fourth-order valence-electron chi connectivity index (χ4n) is 4.54. The topological polar surface area (TPSA) is 49.9 Å². The van der Waals surface area contributed by atoms with Crippen molar-refractivity contribution in [2.75, 3.05) is 26.3 Å². The lowest BCUT2D eigenvalue weighted by Gasteiger charge is -2.47. The maximum absolute atomic E-state index is 13.3. The number of hydrogen-bond donors (Lipinski definition) is 0. The Hall–Kier alpha value is -1.40. The highest BCUT2D eigenvalue weighted by atomic mass is 35.5. The van der Waals surface area contributed by atoms with Crippen molar-refractivity contribution in [3.8, 4) is 0 Å². The summed E-state index contributed by atoms with van der Waals surface area (Å²) < 4.78 is 5.45. The first-order valence-electron chi connectivity index (χ1n) is 9.64. The summed E-state index contributed by atoms with van der Waals surface area (Å²) in [6.07, 6.45) is 1.35. The average molecular weight is 423 g/mol. The molecule has 1 amide bonds. The van der Waals surface area contributed by atoms with E-state index in [0.717, 1.165) is 16.8 Å². The van der Waals surface area contributed by atoms with E-state index in [1.54, 1.807) is 11.1 Å². The smallest absolute Gasteiger partial charge is 0.242 e. The van der Waals surface area contributed by atoms with Gasteiger partial charge in [0, 0.05) is 43.1 Å². The fourth-order valence-corrected chi connectivity index (χ4v) is 4.98. The number of ether oxygens (including phenoxy) is 1. The Balaban J connectivity index is 1.85. The van der Waals surface area contributed by atoms with Gasteiger partial charge in [0.25, 0.3) is 0 Å². The Morgan fingerprint density at radius 3 is 2.54 bits per heavy atom. The van der Waals surface area contributed by atoms with Crippen LogP contribution in [0.1, 0.15) is 44.6 Å². The number of Topliss-reactive ketones (excluding diaryl/α,β-unsaturated/α-hetero) is 1. The van der Waals surface area contributed by atoms with Gasteiger partial charge in [0.2, 0.25) is 5.91 Å². The lowest BCUT2D eigenvalue weighted by atomic mass is 9.69. The zero-order valence-corrected chi connectivity index (χ0v) is 17.6. The lowest BCUT2D eigenvalue weighted by Crippen LogP contribution is -2.55. The summed E-state index contributed by atoms with van der Waals surface area (Å²) in [5, 5.41) is 4.64. The molecule has 1 aromatic carbocycles. The second-order valence-electron chi connectivity index (χ2n) is 8.47. The predicted octanol–water partition coefficient (Wildman–Crippen LogP) is 4.20. The minimum atomic E-state index is -0.352. The number of hydrazine groups is 1. The molecule has 1 unspecified atom stereocenters. The molecule has 0 aromatic heterocycles.